The number of hydrogen-bond acceptors (Lipinski definition) is 3. The van der Waals surface area contributed by atoms with Crippen molar-refractivity contribution in [1.82, 2.24) is 5.32 Å². The summed E-state index contributed by atoms with van der Waals surface area (Å²) in [7, 11) is 0. The molecule has 0 aliphatic heterocycles. The molecule has 4 heteroatoms. The Morgan fingerprint density at radius 3 is 3.00 bits per heavy atom. The monoisotopic (exact) mass is 251 g/mol. The highest BCUT2D eigenvalue weighted by Gasteiger charge is 2.36. The first-order valence-corrected chi connectivity index (χ1v) is 6.67. The van der Waals surface area contributed by atoms with Crippen molar-refractivity contribution >= 4 is 5.91 Å². The average Bonchev–Trinajstić information content (AvgIpc) is 2.91. The Morgan fingerprint density at radius 2 is 2.33 bits per heavy atom. The molecular formula is C14H21NO3. The van der Waals surface area contributed by atoms with Crippen LogP contribution in [0, 0.1) is 5.92 Å². The van der Waals surface area contributed by atoms with Crippen molar-refractivity contribution in [2.75, 3.05) is 13.2 Å². The largest absolute Gasteiger partial charge is 0.466 e. The summed E-state index contributed by atoms with van der Waals surface area (Å²) in [5.74, 6) is 3.31. The van der Waals surface area contributed by atoms with Crippen molar-refractivity contribution in [3.63, 3.8) is 0 Å². The summed E-state index contributed by atoms with van der Waals surface area (Å²) in [6.45, 7) is 2.88. The lowest BCUT2D eigenvalue weighted by atomic mass is 10.2. The van der Waals surface area contributed by atoms with Gasteiger partial charge in [0.25, 0.3) is 0 Å². The molecule has 2 atom stereocenters. The molecule has 0 bridgehead atoms. The van der Waals surface area contributed by atoms with Crippen molar-refractivity contribution < 1.29 is 14.3 Å². The molecule has 1 amide bonds. The van der Waals surface area contributed by atoms with Gasteiger partial charge in [-0.15, -0.1) is 0 Å². The molecule has 2 unspecified atom stereocenters. The number of nitrogens with one attached hydrogen (secondary N) is 1. The maximum Gasteiger partial charge on any atom is 0.220 e. The van der Waals surface area contributed by atoms with Crippen LogP contribution in [0.3, 0.4) is 0 Å². The second-order valence-electron chi connectivity index (χ2n) is 5.05. The van der Waals surface area contributed by atoms with Crippen LogP contribution in [0.4, 0.5) is 0 Å². The molecule has 1 saturated carbocycles. The summed E-state index contributed by atoms with van der Waals surface area (Å²) >= 11 is 0. The minimum atomic E-state index is 0.0150. The van der Waals surface area contributed by atoms with Gasteiger partial charge < -0.3 is 14.8 Å². The van der Waals surface area contributed by atoms with E-state index in [1.165, 1.54) is 6.42 Å². The molecule has 1 aliphatic carbocycles. The lowest BCUT2D eigenvalue weighted by Crippen LogP contribution is -2.25. The standard InChI is InChI=1S/C14H21NO3/c1-10-9-12(10)13-5-3-11(18-13)4-6-14(17)15-7-2-8-16/h3,5,10,12,16H,2,4,6-9H2,1H3,(H,15,17). The van der Waals surface area contributed by atoms with E-state index >= 15 is 0 Å². The van der Waals surface area contributed by atoms with Gasteiger partial charge in [0.2, 0.25) is 5.91 Å². The average molecular weight is 251 g/mol. The van der Waals surface area contributed by atoms with E-state index in [-0.39, 0.29) is 12.5 Å². The Kier molecular flexibility index (Phi) is 4.42. The van der Waals surface area contributed by atoms with Crippen LogP contribution in [0.2, 0.25) is 0 Å². The zero-order valence-electron chi connectivity index (χ0n) is 10.8. The zero-order chi connectivity index (χ0) is 13.0. The van der Waals surface area contributed by atoms with Gasteiger partial charge in [-0.2, -0.15) is 0 Å². The number of rotatable bonds is 7. The van der Waals surface area contributed by atoms with E-state index in [4.69, 9.17) is 9.52 Å². The predicted octanol–water partition coefficient (Wildman–Crippen LogP) is 1.83. The van der Waals surface area contributed by atoms with Crippen LogP contribution in [-0.4, -0.2) is 24.2 Å². The first-order chi connectivity index (χ1) is 8.70. The van der Waals surface area contributed by atoms with Gasteiger partial charge in [0.1, 0.15) is 11.5 Å². The van der Waals surface area contributed by atoms with Gasteiger partial charge in [-0.3, -0.25) is 4.79 Å². The van der Waals surface area contributed by atoms with E-state index in [0.29, 0.717) is 31.7 Å². The van der Waals surface area contributed by atoms with Gasteiger partial charge in [0, 0.05) is 31.9 Å². The molecule has 1 aromatic rings. The summed E-state index contributed by atoms with van der Waals surface area (Å²) in [5.41, 5.74) is 0. The minimum Gasteiger partial charge on any atom is -0.466 e. The molecule has 100 valence electrons. The highest BCUT2D eigenvalue weighted by molar-refractivity contribution is 5.76. The van der Waals surface area contributed by atoms with Gasteiger partial charge in [0.05, 0.1) is 0 Å². The van der Waals surface area contributed by atoms with Crippen LogP contribution in [0.1, 0.15) is 43.6 Å². The van der Waals surface area contributed by atoms with Crippen LogP contribution >= 0.6 is 0 Å². The van der Waals surface area contributed by atoms with Gasteiger partial charge in [-0.25, -0.2) is 0 Å². The molecule has 2 rings (SSSR count). The fourth-order valence-electron chi connectivity index (χ4n) is 2.08. The lowest BCUT2D eigenvalue weighted by Gasteiger charge is -2.02. The maximum absolute atomic E-state index is 11.5. The highest BCUT2D eigenvalue weighted by atomic mass is 16.3. The van der Waals surface area contributed by atoms with Crippen molar-refractivity contribution in [1.29, 1.82) is 0 Å². The number of aliphatic hydroxyl groups is 1. The van der Waals surface area contributed by atoms with E-state index < -0.39 is 0 Å². The van der Waals surface area contributed by atoms with Crippen molar-refractivity contribution in [3.05, 3.63) is 23.7 Å². The Hall–Kier alpha value is -1.29. The van der Waals surface area contributed by atoms with E-state index in [1.807, 2.05) is 12.1 Å². The SMILES string of the molecule is CC1CC1c1ccc(CCC(=O)NCCCO)o1. The van der Waals surface area contributed by atoms with Crippen molar-refractivity contribution in [2.24, 2.45) is 5.92 Å². The number of carbonyl (C=O) groups is 1. The summed E-state index contributed by atoms with van der Waals surface area (Å²) in [4.78, 5) is 11.5. The molecule has 0 spiro atoms. The second kappa shape index (κ2) is 6.05. The molecule has 1 aromatic heterocycles. The van der Waals surface area contributed by atoms with Gasteiger partial charge >= 0.3 is 0 Å². The molecule has 1 fully saturated rings. The summed E-state index contributed by atoms with van der Waals surface area (Å²) in [6, 6.07) is 4.01. The van der Waals surface area contributed by atoms with Crippen molar-refractivity contribution in [2.45, 2.75) is 38.5 Å². The minimum absolute atomic E-state index is 0.0150. The van der Waals surface area contributed by atoms with E-state index in [0.717, 1.165) is 17.4 Å². The Balaban J connectivity index is 1.69. The molecule has 0 saturated heterocycles. The van der Waals surface area contributed by atoms with Crippen molar-refractivity contribution in [3.8, 4) is 0 Å². The molecule has 0 radical (unpaired) electrons. The Bertz CT molecular complexity index is 399. The number of furan rings is 1. The predicted molar refractivity (Wildman–Crippen MR) is 68.3 cm³/mol. The lowest BCUT2D eigenvalue weighted by molar-refractivity contribution is -0.121. The molecule has 1 heterocycles. The van der Waals surface area contributed by atoms with Crippen LogP contribution in [-0.2, 0) is 11.2 Å². The van der Waals surface area contributed by atoms with Crippen LogP contribution in [0.5, 0.6) is 0 Å². The van der Waals surface area contributed by atoms with E-state index in [2.05, 4.69) is 12.2 Å². The first-order valence-electron chi connectivity index (χ1n) is 6.67. The Labute approximate surface area is 107 Å². The van der Waals surface area contributed by atoms with E-state index in [9.17, 15) is 4.79 Å². The Morgan fingerprint density at radius 1 is 1.56 bits per heavy atom. The number of aryl methyl sites for hydroxylation is 1. The van der Waals surface area contributed by atoms with Crippen LogP contribution in [0.15, 0.2) is 16.5 Å². The number of carbonyl (C=O) groups excluding carboxylic acids is 1. The van der Waals surface area contributed by atoms with E-state index in [1.54, 1.807) is 0 Å². The van der Waals surface area contributed by atoms with Crippen LogP contribution < -0.4 is 5.32 Å². The normalized spacial score (nSPS) is 21.9. The second-order valence-corrected chi connectivity index (χ2v) is 5.05. The highest BCUT2D eigenvalue weighted by Crippen LogP contribution is 2.47. The molecule has 18 heavy (non-hydrogen) atoms. The van der Waals surface area contributed by atoms with Crippen LogP contribution in [0.25, 0.3) is 0 Å². The summed E-state index contributed by atoms with van der Waals surface area (Å²) in [6.07, 6.45) is 2.91. The first kappa shape index (κ1) is 13.1. The fourth-order valence-corrected chi connectivity index (χ4v) is 2.08. The molecule has 1 aliphatic rings. The molecule has 2 N–H and O–H groups in total. The molecule has 4 nitrogen and oxygen atoms in total. The topological polar surface area (TPSA) is 62.5 Å². The smallest absolute Gasteiger partial charge is 0.220 e. The third-order valence-electron chi connectivity index (χ3n) is 3.41. The third-order valence-corrected chi connectivity index (χ3v) is 3.41. The zero-order valence-corrected chi connectivity index (χ0v) is 10.8. The fraction of sp³-hybridized carbons (Fsp3) is 0.643. The van der Waals surface area contributed by atoms with Gasteiger partial charge in [0.15, 0.2) is 0 Å². The molecule has 0 aromatic carbocycles. The van der Waals surface area contributed by atoms with Gasteiger partial charge in [-0.1, -0.05) is 6.92 Å². The quantitative estimate of drug-likeness (QED) is 0.727. The maximum atomic E-state index is 11.5. The number of hydrogen-bond donors (Lipinski definition) is 2. The van der Waals surface area contributed by atoms with Gasteiger partial charge in [-0.05, 0) is 30.9 Å². The molecular weight excluding hydrogens is 230 g/mol. The summed E-state index contributed by atoms with van der Waals surface area (Å²) < 4.78 is 5.73. The summed E-state index contributed by atoms with van der Waals surface area (Å²) in [5, 5.41) is 11.4. The number of aliphatic hydroxyl groups excluding tert-OH is 1. The third kappa shape index (κ3) is 3.60. The number of amides is 1.